The van der Waals surface area contributed by atoms with Crippen molar-refractivity contribution in [3.63, 3.8) is 0 Å². The van der Waals surface area contributed by atoms with Crippen molar-refractivity contribution in [3.05, 3.63) is 48.0 Å². The van der Waals surface area contributed by atoms with Crippen molar-refractivity contribution in [2.45, 2.75) is 30.4 Å². The quantitative estimate of drug-likeness (QED) is 0.609. The van der Waals surface area contributed by atoms with Crippen molar-refractivity contribution >= 4 is 23.7 Å². The Balaban J connectivity index is 1.38. The lowest BCUT2D eigenvalue weighted by Gasteiger charge is -2.18. The van der Waals surface area contributed by atoms with E-state index in [2.05, 4.69) is 29.4 Å². The third-order valence-corrected chi connectivity index (χ3v) is 5.14. The number of rotatable bonds is 6. The van der Waals surface area contributed by atoms with E-state index in [1.54, 1.807) is 23.9 Å². The number of carbonyl (C=O) groups is 1. The molecule has 0 atom stereocenters. The van der Waals surface area contributed by atoms with Gasteiger partial charge in [0.25, 0.3) is 0 Å². The molecule has 0 saturated heterocycles. The first kappa shape index (κ1) is 19.3. The van der Waals surface area contributed by atoms with Gasteiger partial charge in [-0.25, -0.2) is 0 Å². The van der Waals surface area contributed by atoms with Crippen molar-refractivity contribution in [2.24, 2.45) is 0 Å². The fraction of sp³-hybridized carbons (Fsp3) is 0.286. The maximum atomic E-state index is 12.3. The number of hydrogen-bond acceptors (Lipinski definition) is 7. The van der Waals surface area contributed by atoms with Gasteiger partial charge in [0.2, 0.25) is 11.8 Å². The molecule has 1 amide bonds. The molecule has 150 valence electrons. The van der Waals surface area contributed by atoms with Gasteiger partial charge in [-0.1, -0.05) is 31.1 Å². The molecule has 0 saturated carbocycles. The molecule has 0 aliphatic carbocycles. The van der Waals surface area contributed by atoms with E-state index < -0.39 is 0 Å². The van der Waals surface area contributed by atoms with E-state index in [9.17, 15) is 4.79 Å². The van der Waals surface area contributed by atoms with Crippen LogP contribution in [0.25, 0.3) is 11.5 Å². The number of carbonyl (C=O) groups excluding carboxylic acids is 1. The molecular weight excluding hydrogens is 390 g/mol. The zero-order valence-corrected chi connectivity index (χ0v) is 17.0. The van der Waals surface area contributed by atoms with E-state index in [1.807, 2.05) is 30.3 Å². The molecule has 3 aromatic rings. The largest absolute Gasteiger partial charge is 0.486 e. The third kappa shape index (κ3) is 4.89. The monoisotopic (exact) mass is 411 g/mol. The van der Waals surface area contributed by atoms with E-state index in [1.165, 1.54) is 4.90 Å². The second kappa shape index (κ2) is 8.57. The van der Waals surface area contributed by atoms with Crippen LogP contribution in [0.1, 0.15) is 19.4 Å². The Labute approximate surface area is 172 Å². The summed E-state index contributed by atoms with van der Waals surface area (Å²) in [5.74, 6) is 1.40. The molecule has 2 heterocycles. The van der Waals surface area contributed by atoms with Gasteiger partial charge < -0.3 is 13.9 Å². The Kier molecular flexibility index (Phi) is 5.71. The molecule has 0 bridgehead atoms. The van der Waals surface area contributed by atoms with Crippen molar-refractivity contribution in [2.75, 3.05) is 18.5 Å². The highest BCUT2D eigenvalue weighted by Crippen LogP contribution is 2.34. The lowest BCUT2D eigenvalue weighted by atomic mass is 10.1. The van der Waals surface area contributed by atoms with Crippen LogP contribution >= 0.6 is 11.8 Å². The van der Waals surface area contributed by atoms with Crippen LogP contribution in [0.3, 0.4) is 0 Å². The first-order valence-corrected chi connectivity index (χ1v) is 10.2. The number of benzene rings is 2. The lowest BCUT2D eigenvalue weighted by Crippen LogP contribution is -2.15. The fourth-order valence-corrected chi connectivity index (χ4v) is 3.71. The highest BCUT2D eigenvalue weighted by molar-refractivity contribution is 7.99. The number of thioether (sulfide) groups is 1. The van der Waals surface area contributed by atoms with Crippen molar-refractivity contribution < 1.29 is 18.7 Å². The number of fused-ring (bicyclic) bond motifs is 1. The molecule has 7 nitrogen and oxygen atoms in total. The van der Waals surface area contributed by atoms with Gasteiger partial charge in [-0.2, -0.15) is 0 Å². The Morgan fingerprint density at radius 3 is 2.59 bits per heavy atom. The summed E-state index contributed by atoms with van der Waals surface area (Å²) in [6.45, 7) is 5.33. The first-order valence-electron chi connectivity index (χ1n) is 9.36. The second-order valence-corrected chi connectivity index (χ2v) is 8.46. The number of ether oxygens (including phenoxy) is 2. The number of nitrogens with zero attached hydrogens (tertiary/aromatic N) is 2. The third-order valence-electron chi connectivity index (χ3n) is 4.12. The predicted molar refractivity (Wildman–Crippen MR) is 110 cm³/mol. The maximum absolute atomic E-state index is 12.3. The van der Waals surface area contributed by atoms with Crippen LogP contribution in [0.15, 0.2) is 51.8 Å². The molecule has 0 spiro atoms. The van der Waals surface area contributed by atoms with Gasteiger partial charge in [0.15, 0.2) is 11.5 Å². The summed E-state index contributed by atoms with van der Waals surface area (Å²) in [6, 6.07) is 13.4. The van der Waals surface area contributed by atoms with Gasteiger partial charge in [0, 0.05) is 15.7 Å². The number of aromatic nitrogens is 2. The molecule has 1 N–H and O–H groups in total. The van der Waals surface area contributed by atoms with Crippen LogP contribution in [-0.2, 0) is 11.2 Å². The van der Waals surface area contributed by atoms with E-state index >= 15 is 0 Å². The van der Waals surface area contributed by atoms with Gasteiger partial charge >= 0.3 is 6.01 Å². The van der Waals surface area contributed by atoms with E-state index in [-0.39, 0.29) is 18.3 Å². The summed E-state index contributed by atoms with van der Waals surface area (Å²) < 4.78 is 16.6. The Morgan fingerprint density at radius 2 is 1.83 bits per heavy atom. The van der Waals surface area contributed by atoms with Gasteiger partial charge in [-0.3, -0.25) is 10.1 Å². The first-order chi connectivity index (χ1) is 14.1. The SMILES string of the molecule is CC(C)Sc1ccc(CC(=O)Nc2nnc(-c3ccc4c(c3)OCCO4)o2)cc1. The number of amides is 1. The van der Waals surface area contributed by atoms with Gasteiger partial charge in [0.05, 0.1) is 6.42 Å². The number of anilines is 1. The minimum absolute atomic E-state index is 0.0619. The van der Waals surface area contributed by atoms with Crippen LogP contribution in [0.4, 0.5) is 6.01 Å². The minimum Gasteiger partial charge on any atom is -0.486 e. The zero-order valence-electron chi connectivity index (χ0n) is 16.2. The van der Waals surface area contributed by atoms with Gasteiger partial charge in [-0.05, 0) is 35.9 Å². The predicted octanol–water partition coefficient (Wildman–Crippen LogP) is 4.19. The Bertz CT molecular complexity index is 1000. The lowest BCUT2D eigenvalue weighted by molar-refractivity contribution is -0.115. The smallest absolute Gasteiger partial charge is 0.322 e. The number of hydrogen-bond donors (Lipinski definition) is 1. The molecule has 1 aliphatic heterocycles. The van der Waals surface area contributed by atoms with E-state index in [4.69, 9.17) is 13.9 Å². The molecule has 0 fully saturated rings. The summed E-state index contributed by atoms with van der Waals surface area (Å²) >= 11 is 1.79. The molecular formula is C21H21N3O4S. The summed E-state index contributed by atoms with van der Waals surface area (Å²) in [5.41, 5.74) is 1.61. The fourth-order valence-electron chi connectivity index (χ4n) is 2.87. The topological polar surface area (TPSA) is 86.5 Å². The van der Waals surface area contributed by atoms with Crippen molar-refractivity contribution in [1.82, 2.24) is 10.2 Å². The summed E-state index contributed by atoms with van der Waals surface area (Å²) in [5, 5.41) is 11.1. The average molecular weight is 411 g/mol. The highest BCUT2D eigenvalue weighted by atomic mass is 32.2. The normalized spacial score (nSPS) is 12.8. The van der Waals surface area contributed by atoms with Crippen LogP contribution in [0, 0.1) is 0 Å². The molecule has 2 aromatic carbocycles. The summed E-state index contributed by atoms with van der Waals surface area (Å²) in [7, 11) is 0. The molecule has 4 rings (SSSR count). The van der Waals surface area contributed by atoms with Crippen LogP contribution in [0.5, 0.6) is 11.5 Å². The summed E-state index contributed by atoms with van der Waals surface area (Å²) in [4.78, 5) is 13.5. The maximum Gasteiger partial charge on any atom is 0.322 e. The average Bonchev–Trinajstić information content (AvgIpc) is 3.17. The van der Waals surface area contributed by atoms with E-state index in [0.717, 1.165) is 5.56 Å². The molecule has 1 aliphatic rings. The minimum atomic E-state index is -0.216. The molecule has 8 heteroatoms. The highest BCUT2D eigenvalue weighted by Gasteiger charge is 2.16. The van der Waals surface area contributed by atoms with Crippen LogP contribution in [0.2, 0.25) is 0 Å². The van der Waals surface area contributed by atoms with E-state index in [0.29, 0.717) is 41.4 Å². The standard InChI is InChI=1S/C21H21N3O4S/c1-13(2)29-16-6-3-14(4-7-16)11-19(25)22-21-24-23-20(28-21)15-5-8-17-18(12-15)27-10-9-26-17/h3-8,12-13H,9-11H2,1-2H3,(H,22,24,25). The van der Waals surface area contributed by atoms with Crippen molar-refractivity contribution in [1.29, 1.82) is 0 Å². The van der Waals surface area contributed by atoms with Crippen molar-refractivity contribution in [3.8, 4) is 23.0 Å². The second-order valence-electron chi connectivity index (χ2n) is 6.81. The van der Waals surface area contributed by atoms with Crippen LogP contribution < -0.4 is 14.8 Å². The summed E-state index contributed by atoms with van der Waals surface area (Å²) in [6.07, 6.45) is 0.231. The molecule has 0 unspecified atom stereocenters. The Hall–Kier alpha value is -3.00. The zero-order chi connectivity index (χ0) is 20.2. The van der Waals surface area contributed by atoms with Gasteiger partial charge in [-0.15, -0.1) is 16.9 Å². The Morgan fingerprint density at radius 1 is 1.07 bits per heavy atom. The molecule has 1 aromatic heterocycles. The molecule has 0 radical (unpaired) electrons. The van der Waals surface area contributed by atoms with Crippen LogP contribution in [-0.4, -0.2) is 34.6 Å². The molecule has 29 heavy (non-hydrogen) atoms. The number of nitrogens with one attached hydrogen (secondary N) is 1. The van der Waals surface area contributed by atoms with Gasteiger partial charge in [0.1, 0.15) is 13.2 Å².